The van der Waals surface area contributed by atoms with Gasteiger partial charge in [-0.3, -0.25) is 19.5 Å². The standard InChI is InChI=1S/C11H18N6O.C2H4O2/c12-11(18)9-7-14-8-10(16-9)15-3-6-17-4-1-13-2-5-17;1-2(3)4/h7-8,13H,1-6H2,(H2,12,18)(H,15,16);1H3,(H,3,4). The summed E-state index contributed by atoms with van der Waals surface area (Å²) in [4.78, 5) is 30.3. The maximum absolute atomic E-state index is 11.0. The third kappa shape index (κ3) is 7.50. The van der Waals surface area contributed by atoms with E-state index in [0.29, 0.717) is 5.82 Å². The molecule has 1 aromatic rings. The van der Waals surface area contributed by atoms with E-state index >= 15 is 0 Å². The first-order valence-electron chi connectivity index (χ1n) is 6.97. The van der Waals surface area contributed by atoms with Crippen molar-refractivity contribution in [2.45, 2.75) is 6.92 Å². The summed E-state index contributed by atoms with van der Waals surface area (Å²) in [5.74, 6) is -0.810. The molecule has 122 valence electrons. The number of aromatic nitrogens is 2. The van der Waals surface area contributed by atoms with Crippen molar-refractivity contribution in [2.24, 2.45) is 5.73 Å². The molecule has 22 heavy (non-hydrogen) atoms. The zero-order valence-corrected chi connectivity index (χ0v) is 12.6. The van der Waals surface area contributed by atoms with Gasteiger partial charge < -0.3 is 21.5 Å². The van der Waals surface area contributed by atoms with Gasteiger partial charge >= 0.3 is 0 Å². The smallest absolute Gasteiger partial charge is 0.300 e. The summed E-state index contributed by atoms with van der Waals surface area (Å²) >= 11 is 0. The van der Waals surface area contributed by atoms with E-state index < -0.39 is 11.9 Å². The number of anilines is 1. The van der Waals surface area contributed by atoms with E-state index in [2.05, 4.69) is 25.5 Å². The van der Waals surface area contributed by atoms with Crippen LogP contribution in [0.5, 0.6) is 0 Å². The van der Waals surface area contributed by atoms with Gasteiger partial charge in [0.1, 0.15) is 11.5 Å². The molecule has 2 heterocycles. The molecule has 5 N–H and O–H groups in total. The molecule has 2 rings (SSSR count). The van der Waals surface area contributed by atoms with Gasteiger partial charge in [0.05, 0.1) is 12.4 Å². The number of carboxylic acid groups (broad SMARTS) is 1. The molecule has 1 amide bonds. The van der Waals surface area contributed by atoms with Gasteiger partial charge in [0, 0.05) is 46.2 Å². The number of hydrogen-bond donors (Lipinski definition) is 4. The molecule has 9 heteroatoms. The number of nitrogens with one attached hydrogen (secondary N) is 2. The number of rotatable bonds is 5. The van der Waals surface area contributed by atoms with Crippen molar-refractivity contribution >= 4 is 17.7 Å². The monoisotopic (exact) mass is 310 g/mol. The van der Waals surface area contributed by atoms with Crippen LogP contribution in [-0.4, -0.2) is 71.1 Å². The van der Waals surface area contributed by atoms with Crippen LogP contribution >= 0.6 is 0 Å². The molecule has 0 unspecified atom stereocenters. The van der Waals surface area contributed by atoms with Crippen LogP contribution in [0.4, 0.5) is 5.82 Å². The Hall–Kier alpha value is -2.26. The number of piperazine rings is 1. The number of carboxylic acids is 1. The number of carbonyl (C=O) groups excluding carboxylic acids is 1. The van der Waals surface area contributed by atoms with Gasteiger partial charge in [-0.1, -0.05) is 0 Å². The lowest BCUT2D eigenvalue weighted by atomic mass is 10.3. The first kappa shape index (κ1) is 17.8. The summed E-state index contributed by atoms with van der Waals surface area (Å²) in [6.45, 7) is 7.01. The van der Waals surface area contributed by atoms with Crippen molar-refractivity contribution in [1.82, 2.24) is 20.2 Å². The largest absolute Gasteiger partial charge is 0.481 e. The van der Waals surface area contributed by atoms with Gasteiger partial charge in [0.25, 0.3) is 11.9 Å². The van der Waals surface area contributed by atoms with E-state index in [1.165, 1.54) is 6.20 Å². The lowest BCUT2D eigenvalue weighted by molar-refractivity contribution is -0.134. The molecular formula is C13H22N6O3. The molecule has 0 saturated carbocycles. The number of nitrogens with zero attached hydrogens (tertiary/aromatic N) is 3. The number of primary amides is 1. The van der Waals surface area contributed by atoms with Gasteiger partial charge in [-0.2, -0.15) is 0 Å². The summed E-state index contributed by atoms with van der Waals surface area (Å²) in [5, 5.41) is 13.9. The van der Waals surface area contributed by atoms with Crippen molar-refractivity contribution in [2.75, 3.05) is 44.6 Å². The molecule has 1 aromatic heterocycles. The second-order valence-corrected chi connectivity index (χ2v) is 4.69. The van der Waals surface area contributed by atoms with E-state index in [-0.39, 0.29) is 5.69 Å². The lowest BCUT2D eigenvalue weighted by Crippen LogP contribution is -2.45. The molecule has 0 atom stereocenters. The van der Waals surface area contributed by atoms with Gasteiger partial charge in [-0.25, -0.2) is 4.98 Å². The van der Waals surface area contributed by atoms with Crippen molar-refractivity contribution in [3.8, 4) is 0 Å². The Bertz CT molecular complexity index is 486. The average Bonchev–Trinajstić information content (AvgIpc) is 2.48. The van der Waals surface area contributed by atoms with E-state index in [4.69, 9.17) is 15.6 Å². The maximum atomic E-state index is 11.0. The van der Waals surface area contributed by atoms with Gasteiger partial charge in [-0.05, 0) is 0 Å². The molecule has 0 aromatic carbocycles. The molecule has 1 aliphatic heterocycles. The van der Waals surface area contributed by atoms with Gasteiger partial charge in [-0.15, -0.1) is 0 Å². The summed E-state index contributed by atoms with van der Waals surface area (Å²) in [7, 11) is 0. The highest BCUT2D eigenvalue weighted by molar-refractivity contribution is 5.90. The highest BCUT2D eigenvalue weighted by atomic mass is 16.4. The fourth-order valence-corrected chi connectivity index (χ4v) is 1.85. The Morgan fingerprint density at radius 3 is 2.64 bits per heavy atom. The molecule has 0 radical (unpaired) electrons. The van der Waals surface area contributed by atoms with Crippen molar-refractivity contribution in [3.63, 3.8) is 0 Å². The van der Waals surface area contributed by atoms with Crippen LogP contribution in [0.25, 0.3) is 0 Å². The Labute approximate surface area is 128 Å². The zero-order valence-electron chi connectivity index (χ0n) is 12.6. The summed E-state index contributed by atoms with van der Waals surface area (Å²) in [6, 6.07) is 0. The molecule has 1 fully saturated rings. The van der Waals surface area contributed by atoms with Crippen LogP contribution in [0.2, 0.25) is 0 Å². The predicted molar refractivity (Wildman–Crippen MR) is 81.7 cm³/mol. The van der Waals surface area contributed by atoms with Gasteiger partial charge in [0.15, 0.2) is 0 Å². The fraction of sp³-hybridized carbons (Fsp3) is 0.538. The third-order valence-electron chi connectivity index (χ3n) is 2.83. The molecule has 1 saturated heterocycles. The second kappa shape index (κ2) is 9.64. The molecule has 0 bridgehead atoms. The van der Waals surface area contributed by atoms with E-state index in [9.17, 15) is 4.79 Å². The SMILES string of the molecule is CC(=O)O.NC(=O)c1cncc(NCCN2CCNCC2)n1. The molecule has 9 nitrogen and oxygen atoms in total. The molecular weight excluding hydrogens is 288 g/mol. The first-order chi connectivity index (χ1) is 10.5. The number of hydrogen-bond acceptors (Lipinski definition) is 7. The molecule has 0 spiro atoms. The summed E-state index contributed by atoms with van der Waals surface area (Å²) < 4.78 is 0. The van der Waals surface area contributed by atoms with Crippen LogP contribution < -0.4 is 16.4 Å². The van der Waals surface area contributed by atoms with E-state index in [1.54, 1.807) is 6.20 Å². The Morgan fingerprint density at radius 1 is 1.41 bits per heavy atom. The Morgan fingerprint density at radius 2 is 2.05 bits per heavy atom. The molecule has 0 aliphatic carbocycles. The minimum atomic E-state index is -0.833. The summed E-state index contributed by atoms with van der Waals surface area (Å²) in [5.41, 5.74) is 5.33. The number of nitrogens with two attached hydrogens (primary N) is 1. The van der Waals surface area contributed by atoms with Crippen molar-refractivity contribution < 1.29 is 14.7 Å². The third-order valence-corrected chi connectivity index (χ3v) is 2.83. The predicted octanol–water partition coefficient (Wildman–Crippen LogP) is -1.02. The second-order valence-electron chi connectivity index (χ2n) is 4.69. The topological polar surface area (TPSA) is 133 Å². The maximum Gasteiger partial charge on any atom is 0.300 e. The molecule has 1 aliphatic rings. The number of amides is 1. The quantitative estimate of drug-likeness (QED) is 0.543. The Balaban J connectivity index is 0.000000541. The highest BCUT2D eigenvalue weighted by Crippen LogP contribution is 2.01. The first-order valence-corrected chi connectivity index (χ1v) is 6.97. The zero-order chi connectivity index (χ0) is 16.4. The van der Waals surface area contributed by atoms with Crippen LogP contribution in [0.3, 0.4) is 0 Å². The normalized spacial score (nSPS) is 14.6. The average molecular weight is 310 g/mol. The van der Waals surface area contributed by atoms with E-state index in [0.717, 1.165) is 46.2 Å². The van der Waals surface area contributed by atoms with E-state index in [1.807, 2.05) is 0 Å². The minimum Gasteiger partial charge on any atom is -0.481 e. The number of aliphatic carboxylic acids is 1. The van der Waals surface area contributed by atoms with Gasteiger partial charge in [0.2, 0.25) is 0 Å². The van der Waals surface area contributed by atoms with Crippen molar-refractivity contribution in [3.05, 3.63) is 18.1 Å². The van der Waals surface area contributed by atoms with Crippen LogP contribution in [0.15, 0.2) is 12.4 Å². The number of carbonyl (C=O) groups is 2. The van der Waals surface area contributed by atoms with Crippen LogP contribution in [0, 0.1) is 0 Å². The highest BCUT2D eigenvalue weighted by Gasteiger charge is 2.09. The van der Waals surface area contributed by atoms with Crippen LogP contribution in [-0.2, 0) is 4.79 Å². The van der Waals surface area contributed by atoms with Crippen LogP contribution in [0.1, 0.15) is 17.4 Å². The summed E-state index contributed by atoms with van der Waals surface area (Å²) in [6.07, 6.45) is 2.95. The Kier molecular flexibility index (Phi) is 7.79. The fourth-order valence-electron chi connectivity index (χ4n) is 1.85. The van der Waals surface area contributed by atoms with Crippen molar-refractivity contribution in [1.29, 1.82) is 0 Å². The minimum absolute atomic E-state index is 0.183. The lowest BCUT2D eigenvalue weighted by Gasteiger charge is -2.27.